The van der Waals surface area contributed by atoms with Gasteiger partial charge in [0.1, 0.15) is 0 Å². The fourth-order valence-electron chi connectivity index (χ4n) is 2.14. The van der Waals surface area contributed by atoms with Gasteiger partial charge in [0.15, 0.2) is 0 Å². The molecule has 0 atom stereocenters. The predicted molar refractivity (Wildman–Crippen MR) is 88.0 cm³/mol. The maximum Gasteiger partial charge on any atom is 0.238 e. The van der Waals surface area contributed by atoms with Crippen LogP contribution in [0.3, 0.4) is 0 Å². The average molecular weight is 333 g/mol. The highest BCUT2D eigenvalue weighted by Crippen LogP contribution is 2.29. The summed E-state index contributed by atoms with van der Waals surface area (Å²) in [5.74, 6) is 3.03. The highest BCUT2D eigenvalue weighted by molar-refractivity contribution is 7.99. The molecule has 1 aromatic rings. The highest BCUT2D eigenvalue weighted by Gasteiger charge is 2.14. The van der Waals surface area contributed by atoms with Crippen LogP contribution in [0.4, 0.5) is 5.69 Å². The van der Waals surface area contributed by atoms with Gasteiger partial charge in [-0.15, -0.1) is 0 Å². The largest absolute Gasteiger partial charge is 0.322 e. The summed E-state index contributed by atoms with van der Waals surface area (Å²) in [6.07, 6.45) is 2.46. The quantitative estimate of drug-likeness (QED) is 0.864. The van der Waals surface area contributed by atoms with Crippen molar-refractivity contribution in [1.82, 2.24) is 5.32 Å². The first-order valence-corrected chi connectivity index (χ1v) is 8.60. The van der Waals surface area contributed by atoms with Gasteiger partial charge in [-0.25, -0.2) is 0 Å². The Balaban J connectivity index is 1.75. The van der Waals surface area contributed by atoms with E-state index in [4.69, 9.17) is 23.2 Å². The van der Waals surface area contributed by atoms with Crippen molar-refractivity contribution in [2.45, 2.75) is 12.8 Å². The van der Waals surface area contributed by atoms with E-state index in [1.165, 1.54) is 24.3 Å². The van der Waals surface area contributed by atoms with Crippen molar-refractivity contribution in [3.05, 3.63) is 28.2 Å². The first kappa shape index (κ1) is 16.0. The van der Waals surface area contributed by atoms with Gasteiger partial charge < -0.3 is 10.6 Å². The number of nitrogens with one attached hydrogen (secondary N) is 2. The molecule has 0 spiro atoms. The lowest BCUT2D eigenvalue weighted by molar-refractivity contribution is -0.115. The van der Waals surface area contributed by atoms with Gasteiger partial charge in [0.25, 0.3) is 0 Å². The van der Waals surface area contributed by atoms with Crippen LogP contribution in [0, 0.1) is 5.92 Å². The molecule has 2 rings (SSSR count). The van der Waals surface area contributed by atoms with E-state index < -0.39 is 0 Å². The smallest absolute Gasteiger partial charge is 0.238 e. The molecule has 6 heteroatoms. The molecule has 0 aromatic heterocycles. The van der Waals surface area contributed by atoms with Crippen LogP contribution in [0.1, 0.15) is 12.8 Å². The molecule has 3 nitrogen and oxygen atoms in total. The minimum atomic E-state index is -0.120. The van der Waals surface area contributed by atoms with Crippen LogP contribution in [0.5, 0.6) is 0 Å². The number of hydrogen-bond donors (Lipinski definition) is 2. The number of para-hydroxylation sites is 1. The lowest BCUT2D eigenvalue weighted by atomic mass is 10.0. The molecule has 20 heavy (non-hydrogen) atoms. The van der Waals surface area contributed by atoms with E-state index in [9.17, 15) is 4.79 Å². The molecular formula is C14H18Cl2N2OS. The minimum Gasteiger partial charge on any atom is -0.322 e. The van der Waals surface area contributed by atoms with Crippen molar-refractivity contribution < 1.29 is 4.79 Å². The number of amides is 1. The Morgan fingerprint density at radius 3 is 2.55 bits per heavy atom. The van der Waals surface area contributed by atoms with E-state index in [-0.39, 0.29) is 12.5 Å². The molecule has 1 fully saturated rings. The zero-order valence-electron chi connectivity index (χ0n) is 11.1. The highest BCUT2D eigenvalue weighted by atomic mass is 35.5. The number of carbonyl (C=O) groups excluding carboxylic acids is 1. The normalized spacial score (nSPS) is 16.1. The molecule has 1 heterocycles. The molecule has 0 aliphatic carbocycles. The molecule has 1 aliphatic heterocycles. The topological polar surface area (TPSA) is 41.1 Å². The van der Waals surface area contributed by atoms with E-state index in [1.54, 1.807) is 18.2 Å². The molecule has 0 bridgehead atoms. The van der Waals surface area contributed by atoms with E-state index in [0.29, 0.717) is 21.7 Å². The van der Waals surface area contributed by atoms with E-state index in [0.717, 1.165) is 6.54 Å². The molecule has 0 radical (unpaired) electrons. The van der Waals surface area contributed by atoms with Crippen molar-refractivity contribution in [2.24, 2.45) is 5.92 Å². The van der Waals surface area contributed by atoms with E-state index in [1.807, 2.05) is 11.8 Å². The van der Waals surface area contributed by atoms with Gasteiger partial charge in [-0.1, -0.05) is 29.3 Å². The zero-order valence-corrected chi connectivity index (χ0v) is 13.5. The predicted octanol–water partition coefficient (Wildman–Crippen LogP) is 3.66. The number of carbonyl (C=O) groups is 1. The van der Waals surface area contributed by atoms with E-state index in [2.05, 4.69) is 10.6 Å². The van der Waals surface area contributed by atoms with Gasteiger partial charge in [-0.05, 0) is 48.9 Å². The molecule has 2 N–H and O–H groups in total. The Bertz CT molecular complexity index is 444. The number of thioether (sulfide) groups is 1. The fourth-order valence-corrected chi connectivity index (χ4v) is 3.84. The monoisotopic (exact) mass is 332 g/mol. The van der Waals surface area contributed by atoms with Gasteiger partial charge in [-0.2, -0.15) is 11.8 Å². The lowest BCUT2D eigenvalue weighted by Crippen LogP contribution is -2.33. The zero-order chi connectivity index (χ0) is 14.4. The van der Waals surface area contributed by atoms with Crippen LogP contribution in [-0.2, 0) is 4.79 Å². The first-order chi connectivity index (χ1) is 9.66. The molecule has 1 aromatic carbocycles. The number of anilines is 1. The van der Waals surface area contributed by atoms with Crippen LogP contribution in [0.15, 0.2) is 18.2 Å². The Labute approximate surface area is 133 Å². The molecular weight excluding hydrogens is 315 g/mol. The first-order valence-electron chi connectivity index (χ1n) is 6.69. The molecule has 110 valence electrons. The summed E-state index contributed by atoms with van der Waals surface area (Å²) < 4.78 is 0. The third-order valence-corrected chi connectivity index (χ3v) is 4.97. The van der Waals surface area contributed by atoms with Gasteiger partial charge >= 0.3 is 0 Å². The fraction of sp³-hybridized carbons (Fsp3) is 0.500. The average Bonchev–Trinajstić information content (AvgIpc) is 2.44. The Hall–Kier alpha value is -0.420. The second-order valence-corrected chi connectivity index (χ2v) is 6.87. The summed E-state index contributed by atoms with van der Waals surface area (Å²) in [5.41, 5.74) is 0.483. The number of hydrogen-bond acceptors (Lipinski definition) is 3. The molecule has 0 unspecified atom stereocenters. The number of halogens is 2. The summed E-state index contributed by atoms with van der Waals surface area (Å²) in [6.45, 7) is 1.18. The second kappa shape index (κ2) is 8.13. The van der Waals surface area contributed by atoms with Crippen molar-refractivity contribution in [1.29, 1.82) is 0 Å². The Morgan fingerprint density at radius 2 is 1.90 bits per heavy atom. The third-order valence-electron chi connectivity index (χ3n) is 3.29. The standard InChI is InChI=1S/C14H18Cl2N2OS/c15-11-2-1-3-12(16)14(11)18-13(19)9-17-8-10-4-6-20-7-5-10/h1-3,10,17H,4-9H2,(H,18,19). The Kier molecular flexibility index (Phi) is 6.49. The molecule has 1 saturated heterocycles. The summed E-state index contributed by atoms with van der Waals surface area (Å²) in [5, 5.41) is 6.86. The maximum absolute atomic E-state index is 11.9. The summed E-state index contributed by atoms with van der Waals surface area (Å²) in [4.78, 5) is 11.9. The third kappa shape index (κ3) is 4.85. The van der Waals surface area contributed by atoms with Crippen LogP contribution in [0.25, 0.3) is 0 Å². The summed E-state index contributed by atoms with van der Waals surface area (Å²) in [7, 11) is 0. The van der Waals surface area contributed by atoms with Crippen molar-refractivity contribution in [3.8, 4) is 0 Å². The van der Waals surface area contributed by atoms with Crippen LogP contribution < -0.4 is 10.6 Å². The van der Waals surface area contributed by atoms with Crippen LogP contribution in [0.2, 0.25) is 10.0 Å². The van der Waals surface area contributed by atoms with Crippen molar-refractivity contribution >= 4 is 46.6 Å². The van der Waals surface area contributed by atoms with E-state index >= 15 is 0 Å². The van der Waals surface area contributed by atoms with Gasteiger partial charge in [0.2, 0.25) is 5.91 Å². The number of rotatable bonds is 5. The van der Waals surface area contributed by atoms with Gasteiger partial charge in [0.05, 0.1) is 22.3 Å². The summed E-state index contributed by atoms with van der Waals surface area (Å²) in [6, 6.07) is 5.16. The number of benzene rings is 1. The van der Waals surface area contributed by atoms with Gasteiger partial charge in [0, 0.05) is 0 Å². The molecule has 0 saturated carbocycles. The minimum absolute atomic E-state index is 0.120. The SMILES string of the molecule is O=C(CNCC1CCSCC1)Nc1c(Cl)cccc1Cl. The van der Waals surface area contributed by atoms with Gasteiger partial charge in [-0.3, -0.25) is 4.79 Å². The lowest BCUT2D eigenvalue weighted by Gasteiger charge is -2.21. The molecule has 1 aliphatic rings. The van der Waals surface area contributed by atoms with Crippen molar-refractivity contribution in [3.63, 3.8) is 0 Å². The molecule has 1 amide bonds. The van der Waals surface area contributed by atoms with Crippen LogP contribution in [-0.4, -0.2) is 30.5 Å². The van der Waals surface area contributed by atoms with Crippen LogP contribution >= 0.6 is 35.0 Å². The summed E-state index contributed by atoms with van der Waals surface area (Å²) >= 11 is 14.0. The Morgan fingerprint density at radius 1 is 1.25 bits per heavy atom. The maximum atomic E-state index is 11.9. The van der Waals surface area contributed by atoms with Crippen molar-refractivity contribution in [2.75, 3.05) is 29.9 Å². The second-order valence-electron chi connectivity index (χ2n) is 4.83.